The zero-order chi connectivity index (χ0) is 16.2. The van der Waals surface area contributed by atoms with Gasteiger partial charge in [0.05, 0.1) is 12.8 Å². The number of sulfonamides is 1. The summed E-state index contributed by atoms with van der Waals surface area (Å²) < 4.78 is 30.0. The van der Waals surface area contributed by atoms with E-state index in [-0.39, 0.29) is 5.91 Å². The highest BCUT2D eigenvalue weighted by atomic mass is 32.2. The molecule has 0 aromatic heterocycles. The first-order chi connectivity index (χ1) is 10.4. The summed E-state index contributed by atoms with van der Waals surface area (Å²) in [6.45, 7) is 3.11. The second-order valence-corrected chi connectivity index (χ2v) is 7.42. The van der Waals surface area contributed by atoms with Crippen molar-refractivity contribution in [2.24, 2.45) is 0 Å². The molecule has 1 amide bonds. The molecule has 0 bridgehead atoms. The van der Waals surface area contributed by atoms with Crippen LogP contribution in [-0.4, -0.2) is 50.6 Å². The third-order valence-corrected chi connectivity index (χ3v) is 4.91. The fraction of sp³-hybridized carbons (Fsp3) is 0.533. The van der Waals surface area contributed by atoms with Gasteiger partial charge in [-0.05, 0) is 31.9 Å². The van der Waals surface area contributed by atoms with E-state index in [0.29, 0.717) is 32.5 Å². The van der Waals surface area contributed by atoms with Crippen LogP contribution >= 0.6 is 0 Å². The molecule has 2 rings (SSSR count). The Bertz CT molecular complexity index is 613. The molecular formula is C15H22N2O4S. The number of hydrogen-bond acceptors (Lipinski definition) is 4. The second kappa shape index (κ2) is 7.11. The zero-order valence-electron chi connectivity index (χ0n) is 12.9. The van der Waals surface area contributed by atoms with Gasteiger partial charge in [0.1, 0.15) is 18.4 Å². The minimum atomic E-state index is -3.33. The summed E-state index contributed by atoms with van der Waals surface area (Å²) in [5, 5.41) is 2.74. The van der Waals surface area contributed by atoms with E-state index in [2.05, 4.69) is 5.32 Å². The molecule has 1 heterocycles. The Morgan fingerprint density at radius 2 is 2.05 bits per heavy atom. The van der Waals surface area contributed by atoms with Crippen molar-refractivity contribution >= 4 is 15.9 Å². The highest BCUT2D eigenvalue weighted by Gasteiger charge is 2.36. The molecule has 7 heteroatoms. The summed E-state index contributed by atoms with van der Waals surface area (Å²) >= 11 is 0. The molecule has 1 atom stereocenters. The lowest BCUT2D eigenvalue weighted by Crippen LogP contribution is -2.46. The molecule has 22 heavy (non-hydrogen) atoms. The SMILES string of the molecule is Cc1ccc(OCCNC(=O)C2CCCN2S(C)(=O)=O)cc1. The maximum absolute atomic E-state index is 12.1. The van der Waals surface area contributed by atoms with Crippen molar-refractivity contribution in [2.45, 2.75) is 25.8 Å². The molecule has 0 aliphatic carbocycles. The van der Waals surface area contributed by atoms with Crippen molar-refractivity contribution in [3.63, 3.8) is 0 Å². The summed E-state index contributed by atoms with van der Waals surface area (Å²) in [6, 6.07) is 7.07. The van der Waals surface area contributed by atoms with Crippen LogP contribution in [-0.2, 0) is 14.8 Å². The van der Waals surface area contributed by atoms with E-state index < -0.39 is 16.1 Å². The van der Waals surface area contributed by atoms with Crippen LogP contribution in [0.25, 0.3) is 0 Å². The molecule has 6 nitrogen and oxygen atoms in total. The summed E-state index contributed by atoms with van der Waals surface area (Å²) in [6.07, 6.45) is 2.42. The van der Waals surface area contributed by atoms with Gasteiger partial charge in [-0.1, -0.05) is 17.7 Å². The number of rotatable bonds is 6. The first-order valence-electron chi connectivity index (χ1n) is 7.32. The van der Waals surface area contributed by atoms with Gasteiger partial charge in [-0.3, -0.25) is 4.79 Å². The van der Waals surface area contributed by atoms with E-state index in [9.17, 15) is 13.2 Å². The quantitative estimate of drug-likeness (QED) is 0.789. The van der Waals surface area contributed by atoms with Crippen molar-refractivity contribution in [2.75, 3.05) is 26.0 Å². The van der Waals surface area contributed by atoms with Crippen molar-refractivity contribution < 1.29 is 17.9 Å². The molecule has 1 aromatic rings. The maximum Gasteiger partial charge on any atom is 0.238 e. The average molecular weight is 326 g/mol. The summed E-state index contributed by atoms with van der Waals surface area (Å²) in [4.78, 5) is 12.1. The molecular weight excluding hydrogens is 304 g/mol. The lowest BCUT2D eigenvalue weighted by Gasteiger charge is -2.21. The number of aryl methyl sites for hydroxylation is 1. The van der Waals surface area contributed by atoms with E-state index in [1.165, 1.54) is 4.31 Å². The normalized spacial score (nSPS) is 19.1. The smallest absolute Gasteiger partial charge is 0.238 e. The number of amides is 1. The largest absolute Gasteiger partial charge is 0.492 e. The number of ether oxygens (including phenoxy) is 1. The van der Waals surface area contributed by atoms with E-state index in [4.69, 9.17) is 4.74 Å². The Labute approximate surface area is 131 Å². The average Bonchev–Trinajstić information content (AvgIpc) is 2.95. The highest BCUT2D eigenvalue weighted by Crippen LogP contribution is 2.20. The molecule has 1 fully saturated rings. The highest BCUT2D eigenvalue weighted by molar-refractivity contribution is 7.88. The topological polar surface area (TPSA) is 75.7 Å². The summed E-state index contributed by atoms with van der Waals surface area (Å²) in [7, 11) is -3.33. The standard InChI is InChI=1S/C15H22N2O4S/c1-12-5-7-13(8-6-12)21-11-9-16-15(18)14-4-3-10-17(14)22(2,19)20/h5-8,14H,3-4,9-11H2,1-2H3,(H,16,18). The van der Waals surface area contributed by atoms with E-state index >= 15 is 0 Å². The first kappa shape index (κ1) is 16.8. The Hall–Kier alpha value is -1.60. The number of nitrogens with one attached hydrogen (secondary N) is 1. The molecule has 0 radical (unpaired) electrons. The van der Waals surface area contributed by atoms with Crippen LogP contribution in [0.1, 0.15) is 18.4 Å². The van der Waals surface area contributed by atoms with Gasteiger partial charge in [-0.15, -0.1) is 0 Å². The van der Waals surface area contributed by atoms with Crippen LogP contribution in [0.2, 0.25) is 0 Å². The molecule has 1 aromatic carbocycles. The Morgan fingerprint density at radius 1 is 1.36 bits per heavy atom. The first-order valence-corrected chi connectivity index (χ1v) is 9.17. The van der Waals surface area contributed by atoms with Gasteiger partial charge in [0.2, 0.25) is 15.9 Å². The van der Waals surface area contributed by atoms with Crippen LogP contribution in [0.5, 0.6) is 5.75 Å². The van der Waals surface area contributed by atoms with Gasteiger partial charge in [0.25, 0.3) is 0 Å². The number of carbonyl (C=O) groups excluding carboxylic acids is 1. The van der Waals surface area contributed by atoms with Crippen molar-refractivity contribution in [3.8, 4) is 5.75 Å². The molecule has 1 N–H and O–H groups in total. The van der Waals surface area contributed by atoms with Crippen LogP contribution < -0.4 is 10.1 Å². The number of benzene rings is 1. The number of hydrogen-bond donors (Lipinski definition) is 1. The fourth-order valence-corrected chi connectivity index (χ4v) is 3.62. The lowest BCUT2D eigenvalue weighted by molar-refractivity contribution is -0.124. The fourth-order valence-electron chi connectivity index (χ4n) is 2.49. The van der Waals surface area contributed by atoms with Gasteiger partial charge in [-0.25, -0.2) is 8.42 Å². The van der Waals surface area contributed by atoms with Gasteiger partial charge in [0, 0.05) is 6.54 Å². The Kier molecular flexibility index (Phi) is 5.42. The van der Waals surface area contributed by atoms with Crippen molar-refractivity contribution in [1.82, 2.24) is 9.62 Å². The van der Waals surface area contributed by atoms with Gasteiger partial charge in [0.15, 0.2) is 0 Å². The minimum absolute atomic E-state index is 0.254. The van der Waals surface area contributed by atoms with E-state index in [1.807, 2.05) is 31.2 Å². The van der Waals surface area contributed by atoms with Crippen molar-refractivity contribution in [3.05, 3.63) is 29.8 Å². The molecule has 1 saturated heterocycles. The van der Waals surface area contributed by atoms with Crippen molar-refractivity contribution in [1.29, 1.82) is 0 Å². The van der Waals surface area contributed by atoms with E-state index in [1.54, 1.807) is 0 Å². The number of carbonyl (C=O) groups is 1. The molecule has 0 saturated carbocycles. The van der Waals surface area contributed by atoms with Gasteiger partial charge in [-0.2, -0.15) is 4.31 Å². The maximum atomic E-state index is 12.1. The third-order valence-electron chi connectivity index (χ3n) is 3.62. The van der Waals surface area contributed by atoms with Crippen LogP contribution in [0, 0.1) is 6.92 Å². The predicted octanol–water partition coefficient (Wildman–Crippen LogP) is 0.914. The van der Waals surface area contributed by atoms with Crippen LogP contribution in [0.15, 0.2) is 24.3 Å². The van der Waals surface area contributed by atoms with Gasteiger partial charge < -0.3 is 10.1 Å². The molecule has 122 valence electrons. The lowest BCUT2D eigenvalue weighted by atomic mass is 10.2. The predicted molar refractivity (Wildman–Crippen MR) is 84.3 cm³/mol. The zero-order valence-corrected chi connectivity index (χ0v) is 13.7. The second-order valence-electron chi connectivity index (χ2n) is 5.48. The number of nitrogens with zero attached hydrogens (tertiary/aromatic N) is 1. The van der Waals surface area contributed by atoms with Crippen LogP contribution in [0.4, 0.5) is 0 Å². The minimum Gasteiger partial charge on any atom is -0.492 e. The van der Waals surface area contributed by atoms with Gasteiger partial charge >= 0.3 is 0 Å². The Morgan fingerprint density at radius 3 is 2.68 bits per heavy atom. The molecule has 0 spiro atoms. The third kappa shape index (κ3) is 4.45. The molecule has 1 aliphatic heterocycles. The molecule has 1 unspecified atom stereocenters. The van der Waals surface area contributed by atoms with Crippen LogP contribution in [0.3, 0.4) is 0 Å². The molecule has 1 aliphatic rings. The van der Waals surface area contributed by atoms with E-state index in [0.717, 1.165) is 17.6 Å². The summed E-state index contributed by atoms with van der Waals surface area (Å²) in [5.41, 5.74) is 1.16. The summed E-state index contributed by atoms with van der Waals surface area (Å²) in [5.74, 6) is 0.494. The monoisotopic (exact) mass is 326 g/mol. The Balaban J connectivity index is 1.77.